The van der Waals surface area contributed by atoms with Gasteiger partial charge in [0.2, 0.25) is 0 Å². The zero-order valence-corrected chi connectivity index (χ0v) is 11.2. The molecule has 0 aromatic heterocycles. The average molecular weight is 285 g/mol. The predicted molar refractivity (Wildman–Crippen MR) is 72.2 cm³/mol. The van der Waals surface area contributed by atoms with Gasteiger partial charge in [0.15, 0.2) is 11.6 Å². The molecular weight excluding hydrogens is 274 g/mol. The molecule has 0 aliphatic carbocycles. The van der Waals surface area contributed by atoms with E-state index in [0.29, 0.717) is 16.3 Å². The highest BCUT2D eigenvalue weighted by molar-refractivity contribution is 6.32. The van der Waals surface area contributed by atoms with Gasteiger partial charge in [-0.2, -0.15) is 0 Å². The third kappa shape index (κ3) is 2.77. The van der Waals surface area contributed by atoms with Crippen molar-refractivity contribution in [1.82, 2.24) is 0 Å². The molecule has 2 aromatic rings. The van der Waals surface area contributed by atoms with Gasteiger partial charge in [0.1, 0.15) is 5.75 Å². The molecule has 0 amide bonds. The summed E-state index contributed by atoms with van der Waals surface area (Å²) in [4.78, 5) is 0. The van der Waals surface area contributed by atoms with Crippen LogP contribution in [-0.2, 0) is 5.88 Å². The maximum absolute atomic E-state index is 13.7. The first-order valence-corrected chi connectivity index (χ1v) is 6.30. The van der Waals surface area contributed by atoms with Gasteiger partial charge < -0.3 is 4.74 Å². The van der Waals surface area contributed by atoms with Gasteiger partial charge in [-0.1, -0.05) is 29.8 Å². The number of rotatable bonds is 3. The molecule has 0 unspecified atom stereocenters. The minimum atomic E-state index is -0.454. The summed E-state index contributed by atoms with van der Waals surface area (Å²) in [6.07, 6.45) is 0. The number of hydrogen-bond acceptors (Lipinski definition) is 1. The maximum atomic E-state index is 13.7. The van der Waals surface area contributed by atoms with Gasteiger partial charge in [-0.05, 0) is 30.7 Å². The van der Waals surface area contributed by atoms with Crippen LogP contribution in [0.4, 0.5) is 4.39 Å². The maximum Gasteiger partial charge on any atom is 0.167 e. The predicted octanol–water partition coefficient (Wildman–Crippen LogP) is 5.32. The first-order chi connectivity index (χ1) is 8.61. The van der Waals surface area contributed by atoms with Gasteiger partial charge in [0.05, 0.1) is 10.9 Å². The van der Waals surface area contributed by atoms with Gasteiger partial charge in [0.25, 0.3) is 0 Å². The topological polar surface area (TPSA) is 9.23 Å². The van der Waals surface area contributed by atoms with Crippen molar-refractivity contribution in [3.05, 3.63) is 58.4 Å². The lowest BCUT2D eigenvalue weighted by Crippen LogP contribution is -1.94. The van der Waals surface area contributed by atoms with Crippen molar-refractivity contribution >= 4 is 23.2 Å². The van der Waals surface area contributed by atoms with Gasteiger partial charge in [-0.25, -0.2) is 4.39 Å². The van der Waals surface area contributed by atoms with E-state index in [1.807, 2.05) is 13.0 Å². The second-order valence-corrected chi connectivity index (χ2v) is 4.57. The number of ether oxygens (including phenoxy) is 1. The molecule has 0 fully saturated rings. The summed E-state index contributed by atoms with van der Waals surface area (Å²) in [7, 11) is 0. The van der Waals surface area contributed by atoms with Crippen molar-refractivity contribution in [3.63, 3.8) is 0 Å². The molecule has 0 radical (unpaired) electrons. The lowest BCUT2D eigenvalue weighted by atomic mass is 10.2. The van der Waals surface area contributed by atoms with Crippen molar-refractivity contribution in [1.29, 1.82) is 0 Å². The third-order valence-electron chi connectivity index (χ3n) is 2.49. The Morgan fingerprint density at radius 1 is 1.22 bits per heavy atom. The smallest absolute Gasteiger partial charge is 0.167 e. The first-order valence-electron chi connectivity index (χ1n) is 5.39. The van der Waals surface area contributed by atoms with Crippen LogP contribution in [0, 0.1) is 12.7 Å². The molecule has 0 heterocycles. The molecule has 94 valence electrons. The van der Waals surface area contributed by atoms with Crippen LogP contribution in [0.15, 0.2) is 36.4 Å². The van der Waals surface area contributed by atoms with Crippen molar-refractivity contribution in [2.75, 3.05) is 0 Å². The van der Waals surface area contributed by atoms with Crippen LogP contribution >= 0.6 is 23.2 Å². The quantitative estimate of drug-likeness (QED) is 0.693. The lowest BCUT2D eigenvalue weighted by Gasteiger charge is -2.12. The highest BCUT2D eigenvalue weighted by Crippen LogP contribution is 2.34. The summed E-state index contributed by atoms with van der Waals surface area (Å²) in [5.41, 5.74) is 1.60. The van der Waals surface area contributed by atoms with E-state index < -0.39 is 5.82 Å². The van der Waals surface area contributed by atoms with Crippen LogP contribution in [0.2, 0.25) is 5.02 Å². The summed E-state index contributed by atoms with van der Waals surface area (Å²) < 4.78 is 19.2. The molecule has 0 bridgehead atoms. The summed E-state index contributed by atoms with van der Waals surface area (Å²) in [6, 6.07) is 9.96. The van der Waals surface area contributed by atoms with Crippen molar-refractivity contribution in [2.45, 2.75) is 12.8 Å². The molecule has 1 nitrogen and oxygen atoms in total. The minimum absolute atomic E-state index is 0.123. The standard InChI is InChI=1S/C14H11Cl2FO/c1-9-5-6-13(11(16)7-9)18-14-10(8-15)3-2-4-12(14)17/h2-7H,8H2,1H3. The van der Waals surface area contributed by atoms with Crippen molar-refractivity contribution in [2.24, 2.45) is 0 Å². The number of hydrogen-bond donors (Lipinski definition) is 0. The molecule has 2 rings (SSSR count). The van der Waals surface area contributed by atoms with Crippen LogP contribution in [-0.4, -0.2) is 0 Å². The third-order valence-corrected chi connectivity index (χ3v) is 3.08. The summed E-state index contributed by atoms with van der Waals surface area (Å²) in [5.74, 6) is 0.262. The molecule has 0 aliphatic heterocycles. The fourth-order valence-electron chi connectivity index (χ4n) is 1.57. The average Bonchev–Trinajstić information content (AvgIpc) is 2.34. The molecular formula is C14H11Cl2FO. The Labute approximate surface area is 115 Å². The fourth-order valence-corrected chi connectivity index (χ4v) is 2.06. The second kappa shape index (κ2) is 5.59. The fraction of sp³-hybridized carbons (Fsp3) is 0.143. The Morgan fingerprint density at radius 2 is 2.00 bits per heavy atom. The van der Waals surface area contributed by atoms with E-state index in [1.54, 1.807) is 24.3 Å². The van der Waals surface area contributed by atoms with Crippen LogP contribution in [0.5, 0.6) is 11.5 Å². The Morgan fingerprint density at radius 3 is 2.67 bits per heavy atom. The minimum Gasteiger partial charge on any atom is -0.452 e. The van der Waals surface area contributed by atoms with Crippen LogP contribution in [0.25, 0.3) is 0 Å². The normalized spacial score (nSPS) is 10.4. The van der Waals surface area contributed by atoms with E-state index in [1.165, 1.54) is 6.07 Å². The first kappa shape index (κ1) is 13.2. The van der Waals surface area contributed by atoms with Crippen LogP contribution in [0.1, 0.15) is 11.1 Å². The molecule has 2 aromatic carbocycles. The van der Waals surface area contributed by atoms with Gasteiger partial charge in [-0.15, -0.1) is 11.6 Å². The zero-order chi connectivity index (χ0) is 13.1. The Kier molecular flexibility index (Phi) is 4.10. The van der Waals surface area contributed by atoms with Crippen molar-refractivity contribution < 1.29 is 9.13 Å². The van der Waals surface area contributed by atoms with E-state index in [9.17, 15) is 4.39 Å². The van der Waals surface area contributed by atoms with Gasteiger partial charge >= 0.3 is 0 Å². The molecule has 0 saturated carbocycles. The Bertz CT molecular complexity index is 570. The lowest BCUT2D eigenvalue weighted by molar-refractivity contribution is 0.438. The Hall–Kier alpha value is -1.25. The summed E-state index contributed by atoms with van der Waals surface area (Å²) >= 11 is 11.8. The number of benzene rings is 2. The zero-order valence-electron chi connectivity index (χ0n) is 9.71. The molecule has 0 spiro atoms. The van der Waals surface area contributed by atoms with E-state index in [4.69, 9.17) is 27.9 Å². The van der Waals surface area contributed by atoms with E-state index in [2.05, 4.69) is 0 Å². The monoisotopic (exact) mass is 284 g/mol. The SMILES string of the molecule is Cc1ccc(Oc2c(F)cccc2CCl)c(Cl)c1. The van der Waals surface area contributed by atoms with Gasteiger partial charge in [-0.3, -0.25) is 0 Å². The molecule has 0 aliphatic rings. The van der Waals surface area contributed by atoms with E-state index in [-0.39, 0.29) is 11.6 Å². The molecule has 18 heavy (non-hydrogen) atoms. The molecule has 0 N–H and O–H groups in total. The molecule has 0 atom stereocenters. The van der Waals surface area contributed by atoms with Gasteiger partial charge in [0, 0.05) is 5.56 Å². The molecule has 0 saturated heterocycles. The summed E-state index contributed by atoms with van der Waals surface area (Å²) in [5, 5.41) is 0.443. The largest absolute Gasteiger partial charge is 0.452 e. The number of halogens is 3. The number of alkyl halides is 1. The second-order valence-electron chi connectivity index (χ2n) is 3.90. The number of aryl methyl sites for hydroxylation is 1. The van der Waals surface area contributed by atoms with E-state index in [0.717, 1.165) is 5.56 Å². The summed E-state index contributed by atoms with van der Waals surface area (Å²) in [6.45, 7) is 1.92. The van der Waals surface area contributed by atoms with Crippen molar-refractivity contribution in [3.8, 4) is 11.5 Å². The molecule has 4 heteroatoms. The van der Waals surface area contributed by atoms with E-state index >= 15 is 0 Å². The van der Waals surface area contributed by atoms with Crippen LogP contribution < -0.4 is 4.74 Å². The highest BCUT2D eigenvalue weighted by Gasteiger charge is 2.12. The Balaban J connectivity index is 2.39. The highest BCUT2D eigenvalue weighted by atomic mass is 35.5. The number of para-hydroxylation sites is 1. The van der Waals surface area contributed by atoms with Crippen LogP contribution in [0.3, 0.4) is 0 Å².